The van der Waals surface area contributed by atoms with Crippen LogP contribution in [0.5, 0.6) is 0 Å². The summed E-state index contributed by atoms with van der Waals surface area (Å²) in [6.07, 6.45) is 7.07. The molecular weight excluding hydrogens is 458 g/mol. The number of nitrogens with one attached hydrogen (secondary N) is 3. The van der Waals surface area contributed by atoms with Gasteiger partial charge in [0.05, 0.1) is 40.3 Å². The summed E-state index contributed by atoms with van der Waals surface area (Å²) in [6, 6.07) is 12.1. The predicted molar refractivity (Wildman–Crippen MR) is 137 cm³/mol. The molecule has 170 valence electrons. The van der Waals surface area contributed by atoms with Gasteiger partial charge in [-0.25, -0.2) is 4.98 Å². The van der Waals surface area contributed by atoms with E-state index in [0.29, 0.717) is 11.5 Å². The highest BCUT2D eigenvalue weighted by molar-refractivity contribution is 7.08. The molecule has 0 aliphatic heterocycles. The van der Waals surface area contributed by atoms with Crippen molar-refractivity contribution in [3.8, 4) is 33.9 Å². The van der Waals surface area contributed by atoms with Gasteiger partial charge >= 0.3 is 0 Å². The van der Waals surface area contributed by atoms with Crippen molar-refractivity contribution in [1.82, 2.24) is 30.1 Å². The smallest absolute Gasteiger partial charge is 0.227 e. The Balaban J connectivity index is 1.29. The molecule has 6 aromatic rings. The highest BCUT2D eigenvalue weighted by Gasteiger charge is 2.29. The van der Waals surface area contributed by atoms with Crippen molar-refractivity contribution in [3.63, 3.8) is 0 Å². The standard InChI is InChI=1S/C26H19N7OS/c34-26(14-4-5-14)29-17-8-16(10-27-11-17)21-9-19-22(12-28-21)32-33-24(19)25-30-20-3-1-2-18(23(20)31-25)15-6-7-35-13-15/h1-3,6-14H,4-5H2,(H,29,34)(H,30,31)(H,32,33). The number of hydrogen-bond acceptors (Lipinski definition) is 6. The number of imidazole rings is 1. The summed E-state index contributed by atoms with van der Waals surface area (Å²) >= 11 is 1.67. The van der Waals surface area contributed by atoms with Crippen molar-refractivity contribution in [1.29, 1.82) is 0 Å². The van der Waals surface area contributed by atoms with Crippen LogP contribution in [0.1, 0.15) is 12.8 Å². The molecule has 0 bridgehead atoms. The third-order valence-corrected chi connectivity index (χ3v) is 6.95. The molecule has 1 saturated carbocycles. The van der Waals surface area contributed by atoms with Gasteiger partial charge in [0.15, 0.2) is 5.82 Å². The maximum absolute atomic E-state index is 12.2. The minimum absolute atomic E-state index is 0.0520. The van der Waals surface area contributed by atoms with Gasteiger partial charge in [-0.3, -0.25) is 19.9 Å². The van der Waals surface area contributed by atoms with E-state index in [2.05, 4.69) is 53.4 Å². The lowest BCUT2D eigenvalue weighted by Crippen LogP contribution is -2.13. The zero-order chi connectivity index (χ0) is 23.4. The zero-order valence-corrected chi connectivity index (χ0v) is 19.3. The molecule has 1 aliphatic rings. The number of carbonyl (C=O) groups is 1. The Morgan fingerprint density at radius 3 is 2.86 bits per heavy atom. The zero-order valence-electron chi connectivity index (χ0n) is 18.4. The minimum atomic E-state index is 0.0520. The first-order valence-electron chi connectivity index (χ1n) is 11.3. The minimum Gasteiger partial charge on any atom is -0.337 e. The van der Waals surface area contributed by atoms with Crippen molar-refractivity contribution in [2.75, 3.05) is 5.32 Å². The van der Waals surface area contributed by atoms with E-state index in [4.69, 9.17) is 4.98 Å². The highest BCUT2D eigenvalue weighted by atomic mass is 32.1. The molecule has 1 amide bonds. The summed E-state index contributed by atoms with van der Waals surface area (Å²) < 4.78 is 0. The van der Waals surface area contributed by atoms with E-state index in [-0.39, 0.29) is 11.8 Å². The van der Waals surface area contributed by atoms with Crippen molar-refractivity contribution in [2.24, 2.45) is 5.92 Å². The van der Waals surface area contributed by atoms with Crippen molar-refractivity contribution in [2.45, 2.75) is 12.8 Å². The number of pyridine rings is 2. The molecule has 1 aliphatic carbocycles. The van der Waals surface area contributed by atoms with E-state index in [1.165, 1.54) is 0 Å². The first kappa shape index (κ1) is 20.0. The molecule has 0 unspecified atom stereocenters. The Bertz CT molecular complexity index is 1710. The van der Waals surface area contributed by atoms with Crippen molar-refractivity contribution >= 4 is 44.9 Å². The fourth-order valence-corrected chi connectivity index (χ4v) is 4.94. The molecule has 7 rings (SSSR count). The molecule has 5 aromatic heterocycles. The van der Waals surface area contributed by atoms with Gasteiger partial charge in [-0.2, -0.15) is 16.4 Å². The molecule has 3 N–H and O–H groups in total. The maximum atomic E-state index is 12.2. The number of aromatic nitrogens is 6. The Morgan fingerprint density at radius 2 is 2.00 bits per heavy atom. The number of aromatic amines is 2. The van der Waals surface area contributed by atoms with E-state index in [0.717, 1.165) is 62.9 Å². The lowest BCUT2D eigenvalue weighted by molar-refractivity contribution is -0.117. The number of H-pyrrole nitrogens is 2. The molecule has 35 heavy (non-hydrogen) atoms. The second-order valence-electron chi connectivity index (χ2n) is 8.71. The van der Waals surface area contributed by atoms with Gasteiger partial charge in [0.2, 0.25) is 5.91 Å². The van der Waals surface area contributed by atoms with Crippen LogP contribution in [0, 0.1) is 5.92 Å². The van der Waals surface area contributed by atoms with E-state index >= 15 is 0 Å². The number of rotatable bonds is 5. The number of anilines is 1. The fourth-order valence-electron chi connectivity index (χ4n) is 4.29. The van der Waals surface area contributed by atoms with Gasteiger partial charge in [0.1, 0.15) is 5.69 Å². The van der Waals surface area contributed by atoms with Gasteiger partial charge in [-0.05, 0) is 53.4 Å². The number of carbonyl (C=O) groups excluding carboxylic acids is 1. The van der Waals surface area contributed by atoms with Crippen LogP contribution in [0.2, 0.25) is 0 Å². The predicted octanol–water partition coefficient (Wildman–Crippen LogP) is 5.64. The van der Waals surface area contributed by atoms with Crippen molar-refractivity contribution < 1.29 is 4.79 Å². The molecule has 5 heterocycles. The van der Waals surface area contributed by atoms with Crippen LogP contribution < -0.4 is 5.32 Å². The maximum Gasteiger partial charge on any atom is 0.227 e. The average molecular weight is 478 g/mol. The fraction of sp³-hybridized carbons (Fsp3) is 0.115. The van der Waals surface area contributed by atoms with Crippen molar-refractivity contribution in [3.05, 3.63) is 65.7 Å². The summed E-state index contributed by atoms with van der Waals surface area (Å²) in [4.78, 5) is 29.4. The Hall–Kier alpha value is -4.37. The van der Waals surface area contributed by atoms with Crippen LogP contribution in [0.25, 0.3) is 55.8 Å². The van der Waals surface area contributed by atoms with Gasteiger partial charge in [0.25, 0.3) is 0 Å². The number of fused-ring (bicyclic) bond motifs is 2. The van der Waals surface area contributed by atoms with Crippen LogP contribution >= 0.6 is 11.3 Å². The second-order valence-corrected chi connectivity index (χ2v) is 9.49. The highest BCUT2D eigenvalue weighted by Crippen LogP contribution is 2.34. The van der Waals surface area contributed by atoms with E-state index < -0.39 is 0 Å². The van der Waals surface area contributed by atoms with Crippen LogP contribution in [0.15, 0.2) is 65.7 Å². The van der Waals surface area contributed by atoms with Crippen LogP contribution in [-0.4, -0.2) is 36.0 Å². The lowest BCUT2D eigenvalue weighted by atomic mass is 10.1. The summed E-state index contributed by atoms with van der Waals surface area (Å²) in [7, 11) is 0. The van der Waals surface area contributed by atoms with Crippen LogP contribution in [0.4, 0.5) is 5.69 Å². The molecule has 8 nitrogen and oxygen atoms in total. The number of para-hydroxylation sites is 1. The van der Waals surface area contributed by atoms with E-state index in [1.807, 2.05) is 24.3 Å². The lowest BCUT2D eigenvalue weighted by Gasteiger charge is -2.06. The molecule has 1 aromatic carbocycles. The number of nitrogens with zero attached hydrogens (tertiary/aromatic N) is 4. The van der Waals surface area contributed by atoms with Crippen LogP contribution in [-0.2, 0) is 4.79 Å². The molecule has 0 spiro atoms. The first-order chi connectivity index (χ1) is 17.2. The number of benzene rings is 1. The number of amides is 1. The van der Waals surface area contributed by atoms with Gasteiger partial charge in [-0.1, -0.05) is 12.1 Å². The van der Waals surface area contributed by atoms with E-state index in [1.54, 1.807) is 29.9 Å². The molecule has 0 saturated heterocycles. The topological polar surface area (TPSA) is 112 Å². The van der Waals surface area contributed by atoms with Gasteiger partial charge < -0.3 is 10.3 Å². The third-order valence-electron chi connectivity index (χ3n) is 6.27. The first-order valence-corrected chi connectivity index (χ1v) is 12.3. The monoisotopic (exact) mass is 477 g/mol. The Morgan fingerprint density at radius 1 is 1.06 bits per heavy atom. The number of thiophene rings is 1. The van der Waals surface area contributed by atoms with Gasteiger partial charge in [0, 0.05) is 28.6 Å². The third kappa shape index (κ3) is 3.57. The Labute approximate surface area is 203 Å². The summed E-state index contributed by atoms with van der Waals surface area (Å²) in [6.45, 7) is 0. The van der Waals surface area contributed by atoms with Gasteiger partial charge in [-0.15, -0.1) is 0 Å². The van der Waals surface area contributed by atoms with Crippen LogP contribution in [0.3, 0.4) is 0 Å². The van der Waals surface area contributed by atoms with E-state index in [9.17, 15) is 4.79 Å². The molecule has 0 radical (unpaired) electrons. The summed E-state index contributed by atoms with van der Waals surface area (Å²) in [5.74, 6) is 0.872. The average Bonchev–Trinajstić information content (AvgIpc) is 3.26. The Kier molecular flexibility index (Phi) is 4.49. The quantitative estimate of drug-likeness (QED) is 0.297. The molecule has 1 fully saturated rings. The summed E-state index contributed by atoms with van der Waals surface area (Å²) in [5, 5.41) is 15.7. The normalized spacial score (nSPS) is 13.5. The largest absolute Gasteiger partial charge is 0.337 e. The SMILES string of the molecule is O=C(Nc1cncc(-c2cc3c(-c4nc5c(-c6ccsc6)cccc5[nH]4)n[nH]c3cn2)c1)C1CC1. The number of hydrogen-bond donors (Lipinski definition) is 3. The molecule has 0 atom stereocenters. The molecular formula is C26H19N7OS. The molecule has 9 heteroatoms. The second kappa shape index (κ2) is 7.85. The summed E-state index contributed by atoms with van der Waals surface area (Å²) in [5.41, 5.74) is 7.87.